The van der Waals surface area contributed by atoms with E-state index in [1.165, 1.54) is 16.7 Å². The molecule has 1 fully saturated rings. The number of rotatable bonds is 6. The summed E-state index contributed by atoms with van der Waals surface area (Å²) in [6.07, 6.45) is 1.92. The van der Waals surface area contributed by atoms with Gasteiger partial charge in [-0.2, -0.15) is 4.31 Å². The lowest BCUT2D eigenvalue weighted by atomic mass is 10.1. The van der Waals surface area contributed by atoms with E-state index in [1.54, 1.807) is 16.4 Å². The van der Waals surface area contributed by atoms with E-state index in [4.69, 9.17) is 0 Å². The highest BCUT2D eigenvalue weighted by Gasteiger charge is 2.26. The van der Waals surface area contributed by atoms with Gasteiger partial charge in [-0.25, -0.2) is 8.42 Å². The van der Waals surface area contributed by atoms with Crippen LogP contribution in [0.5, 0.6) is 0 Å². The van der Waals surface area contributed by atoms with Crippen LogP contribution in [0.25, 0.3) is 0 Å². The first-order valence-electron chi connectivity index (χ1n) is 8.83. The molecule has 4 nitrogen and oxygen atoms in total. The van der Waals surface area contributed by atoms with Gasteiger partial charge in [-0.3, -0.25) is 0 Å². The van der Waals surface area contributed by atoms with Gasteiger partial charge in [0.15, 0.2) is 0 Å². The Morgan fingerprint density at radius 2 is 1.64 bits per heavy atom. The minimum Gasteiger partial charge on any atom is -0.309 e. The second-order valence-corrected chi connectivity index (χ2v) is 8.73. The summed E-state index contributed by atoms with van der Waals surface area (Å²) in [7, 11) is -3.32. The lowest BCUT2D eigenvalue weighted by Gasteiger charge is -2.15. The fraction of sp³-hybridized carbons (Fsp3) is 0.400. The van der Waals surface area contributed by atoms with Crippen molar-refractivity contribution in [2.24, 2.45) is 0 Å². The SMILES string of the molecule is Cc1ccc(CNCc2ccc(S(=O)(=O)N3CCCC3)cc2)c(C)c1. The predicted octanol–water partition coefficient (Wildman–Crippen LogP) is 3.38. The zero-order valence-electron chi connectivity index (χ0n) is 15.0. The maximum atomic E-state index is 12.5. The number of sulfonamides is 1. The van der Waals surface area contributed by atoms with Gasteiger partial charge in [-0.15, -0.1) is 0 Å². The molecule has 0 amide bonds. The van der Waals surface area contributed by atoms with Gasteiger partial charge in [0.05, 0.1) is 4.90 Å². The van der Waals surface area contributed by atoms with Crippen molar-refractivity contribution in [3.63, 3.8) is 0 Å². The predicted molar refractivity (Wildman–Crippen MR) is 101 cm³/mol. The zero-order valence-corrected chi connectivity index (χ0v) is 15.8. The summed E-state index contributed by atoms with van der Waals surface area (Å²) in [4.78, 5) is 0.396. The van der Waals surface area contributed by atoms with E-state index in [0.717, 1.165) is 31.5 Å². The van der Waals surface area contributed by atoms with Gasteiger partial charge < -0.3 is 5.32 Å². The average Bonchev–Trinajstić information content (AvgIpc) is 3.13. The van der Waals surface area contributed by atoms with E-state index >= 15 is 0 Å². The van der Waals surface area contributed by atoms with Gasteiger partial charge in [0.25, 0.3) is 0 Å². The van der Waals surface area contributed by atoms with Gasteiger partial charge in [0.1, 0.15) is 0 Å². The highest BCUT2D eigenvalue weighted by Crippen LogP contribution is 2.21. The van der Waals surface area contributed by atoms with E-state index in [0.29, 0.717) is 18.0 Å². The molecular weight excluding hydrogens is 332 g/mol. The first-order valence-corrected chi connectivity index (χ1v) is 10.3. The largest absolute Gasteiger partial charge is 0.309 e. The van der Waals surface area contributed by atoms with Crippen molar-refractivity contribution in [1.29, 1.82) is 0 Å². The number of hydrogen-bond donors (Lipinski definition) is 1. The molecular formula is C20H26N2O2S. The highest BCUT2D eigenvalue weighted by molar-refractivity contribution is 7.89. The molecule has 0 saturated carbocycles. The van der Waals surface area contributed by atoms with Crippen LogP contribution in [-0.4, -0.2) is 25.8 Å². The van der Waals surface area contributed by atoms with Gasteiger partial charge in [0.2, 0.25) is 10.0 Å². The second-order valence-electron chi connectivity index (χ2n) is 6.79. The minimum atomic E-state index is -3.32. The fourth-order valence-electron chi connectivity index (χ4n) is 3.24. The van der Waals surface area contributed by atoms with E-state index in [2.05, 4.69) is 37.4 Å². The molecule has 2 aromatic carbocycles. The van der Waals surface area contributed by atoms with E-state index in [9.17, 15) is 8.42 Å². The maximum Gasteiger partial charge on any atom is 0.243 e. The van der Waals surface area contributed by atoms with Crippen LogP contribution < -0.4 is 5.32 Å². The normalized spacial score (nSPS) is 15.6. The third-order valence-corrected chi connectivity index (χ3v) is 6.68. The Kier molecular flexibility index (Phi) is 5.57. The Morgan fingerprint density at radius 1 is 0.960 bits per heavy atom. The van der Waals surface area contributed by atoms with E-state index in [1.807, 2.05) is 12.1 Å². The lowest BCUT2D eigenvalue weighted by Crippen LogP contribution is -2.27. The summed E-state index contributed by atoms with van der Waals surface area (Å²) in [5.74, 6) is 0. The zero-order chi connectivity index (χ0) is 17.9. The lowest BCUT2D eigenvalue weighted by molar-refractivity contribution is 0.477. The van der Waals surface area contributed by atoms with Gasteiger partial charge >= 0.3 is 0 Å². The van der Waals surface area contributed by atoms with Crippen molar-refractivity contribution in [3.05, 3.63) is 64.7 Å². The van der Waals surface area contributed by atoms with Crippen molar-refractivity contribution in [3.8, 4) is 0 Å². The molecule has 3 rings (SSSR count). The molecule has 0 radical (unpaired) electrons. The molecule has 1 N–H and O–H groups in total. The van der Waals surface area contributed by atoms with Crippen LogP contribution in [0.15, 0.2) is 47.4 Å². The quantitative estimate of drug-likeness (QED) is 0.861. The van der Waals surface area contributed by atoms with Crippen molar-refractivity contribution < 1.29 is 8.42 Å². The Labute approximate surface area is 150 Å². The first kappa shape index (κ1) is 18.1. The molecule has 1 aliphatic heterocycles. The third-order valence-electron chi connectivity index (χ3n) is 4.77. The van der Waals surface area contributed by atoms with Crippen LogP contribution in [0.1, 0.15) is 35.1 Å². The van der Waals surface area contributed by atoms with Crippen molar-refractivity contribution in [1.82, 2.24) is 9.62 Å². The summed E-state index contributed by atoms with van der Waals surface area (Å²) in [5.41, 5.74) is 4.94. The van der Waals surface area contributed by atoms with E-state index < -0.39 is 10.0 Å². The molecule has 0 spiro atoms. The average molecular weight is 359 g/mol. The van der Waals surface area contributed by atoms with Gasteiger partial charge in [-0.05, 0) is 55.5 Å². The molecule has 0 aromatic heterocycles. The number of aryl methyl sites for hydroxylation is 2. The smallest absolute Gasteiger partial charge is 0.243 e. The third kappa shape index (κ3) is 4.29. The molecule has 1 aliphatic rings. The number of nitrogens with one attached hydrogen (secondary N) is 1. The summed E-state index contributed by atoms with van der Waals surface area (Å²) in [6, 6.07) is 13.7. The van der Waals surface area contributed by atoms with Crippen LogP contribution in [-0.2, 0) is 23.1 Å². The molecule has 5 heteroatoms. The Balaban J connectivity index is 1.59. The van der Waals surface area contributed by atoms with Crippen molar-refractivity contribution in [2.45, 2.75) is 44.7 Å². The first-order chi connectivity index (χ1) is 12.0. The van der Waals surface area contributed by atoms with Crippen LogP contribution in [0.3, 0.4) is 0 Å². The van der Waals surface area contributed by atoms with Gasteiger partial charge in [-0.1, -0.05) is 35.9 Å². The Bertz CT molecular complexity index is 823. The van der Waals surface area contributed by atoms with E-state index in [-0.39, 0.29) is 0 Å². The molecule has 0 unspecified atom stereocenters. The standard InChI is InChI=1S/C20H26N2O2S/c1-16-5-8-19(17(2)13-16)15-21-14-18-6-9-20(10-7-18)25(23,24)22-11-3-4-12-22/h5-10,13,21H,3-4,11-12,14-15H2,1-2H3. The highest BCUT2D eigenvalue weighted by atomic mass is 32.2. The number of benzene rings is 2. The molecule has 134 valence electrons. The van der Waals surface area contributed by atoms with Crippen LogP contribution in [0.4, 0.5) is 0 Å². The van der Waals surface area contributed by atoms with Crippen molar-refractivity contribution in [2.75, 3.05) is 13.1 Å². The Morgan fingerprint density at radius 3 is 2.28 bits per heavy atom. The molecule has 2 aromatic rings. The molecule has 0 aliphatic carbocycles. The summed E-state index contributed by atoms with van der Waals surface area (Å²) >= 11 is 0. The monoisotopic (exact) mass is 358 g/mol. The summed E-state index contributed by atoms with van der Waals surface area (Å²) in [6.45, 7) is 7.03. The molecule has 1 saturated heterocycles. The molecule has 25 heavy (non-hydrogen) atoms. The molecule has 0 bridgehead atoms. The number of hydrogen-bond acceptors (Lipinski definition) is 3. The maximum absolute atomic E-state index is 12.5. The second kappa shape index (κ2) is 7.68. The molecule has 1 heterocycles. The topological polar surface area (TPSA) is 49.4 Å². The summed E-state index contributed by atoms with van der Waals surface area (Å²) in [5, 5.41) is 3.43. The number of nitrogens with zero attached hydrogens (tertiary/aromatic N) is 1. The van der Waals surface area contributed by atoms with Crippen LogP contribution in [0, 0.1) is 13.8 Å². The minimum absolute atomic E-state index is 0.396. The molecule has 0 atom stereocenters. The summed E-state index contributed by atoms with van der Waals surface area (Å²) < 4.78 is 26.6. The van der Waals surface area contributed by atoms with Crippen LogP contribution >= 0.6 is 0 Å². The fourth-order valence-corrected chi connectivity index (χ4v) is 4.76. The van der Waals surface area contributed by atoms with Crippen molar-refractivity contribution >= 4 is 10.0 Å². The Hall–Kier alpha value is -1.69. The van der Waals surface area contributed by atoms with Crippen LogP contribution in [0.2, 0.25) is 0 Å². The van der Waals surface area contributed by atoms with Gasteiger partial charge in [0, 0.05) is 26.2 Å².